The fraction of sp³-hybridized carbons (Fsp3) is 0.667. The van der Waals surface area contributed by atoms with E-state index in [2.05, 4.69) is 31.0 Å². The minimum absolute atomic E-state index is 0.0696. The highest BCUT2D eigenvalue weighted by Gasteiger charge is 2.17. The van der Waals surface area contributed by atoms with Gasteiger partial charge in [0.05, 0.1) is 0 Å². The number of hydrogen-bond donors (Lipinski definition) is 1. The van der Waals surface area contributed by atoms with Gasteiger partial charge in [0.1, 0.15) is 12.4 Å². The van der Waals surface area contributed by atoms with Crippen LogP contribution in [0.2, 0.25) is 0 Å². The Labute approximate surface area is 122 Å². The van der Waals surface area contributed by atoms with Gasteiger partial charge in [0.25, 0.3) is 0 Å². The van der Waals surface area contributed by atoms with Crippen molar-refractivity contribution in [2.75, 3.05) is 0 Å². The second-order valence-electron chi connectivity index (χ2n) is 5.11. The van der Waals surface area contributed by atoms with Gasteiger partial charge in [0, 0.05) is 18.9 Å². The number of tetrazole rings is 1. The lowest BCUT2D eigenvalue weighted by molar-refractivity contribution is -0.122. The number of hydrogen-bond acceptors (Lipinski definition) is 7. The predicted molar refractivity (Wildman–Crippen MR) is 72.0 cm³/mol. The van der Waals surface area contributed by atoms with Crippen molar-refractivity contribution >= 4 is 5.91 Å². The number of nitrogens with one attached hydrogen (secondary N) is 1. The van der Waals surface area contributed by atoms with E-state index in [1.54, 1.807) is 4.68 Å². The van der Waals surface area contributed by atoms with Gasteiger partial charge >= 0.3 is 0 Å². The fourth-order valence-corrected chi connectivity index (χ4v) is 1.72. The molecule has 114 valence electrons. The summed E-state index contributed by atoms with van der Waals surface area (Å²) in [6, 6.07) is -0.300. The van der Waals surface area contributed by atoms with Crippen LogP contribution in [0, 0.1) is 0 Å². The number of carbonyl (C=O) groups is 1. The molecule has 0 aliphatic rings. The van der Waals surface area contributed by atoms with Crippen LogP contribution in [0.15, 0.2) is 10.9 Å². The minimum atomic E-state index is -0.300. The molecule has 0 fully saturated rings. The monoisotopic (exact) mass is 293 g/mol. The van der Waals surface area contributed by atoms with Crippen LogP contribution in [-0.2, 0) is 11.3 Å². The largest absolute Gasteiger partial charge is 0.345 e. The SMILES string of the molecule is CC(C)c1noc([C@H](C)NC(=O)CCCn2cnnn2)n1. The summed E-state index contributed by atoms with van der Waals surface area (Å²) in [4.78, 5) is 16.1. The maximum Gasteiger partial charge on any atom is 0.248 e. The molecule has 0 radical (unpaired) electrons. The van der Waals surface area contributed by atoms with Crippen molar-refractivity contribution in [3.8, 4) is 0 Å². The molecule has 9 heteroatoms. The quantitative estimate of drug-likeness (QED) is 0.804. The first-order valence-corrected chi connectivity index (χ1v) is 6.90. The lowest BCUT2D eigenvalue weighted by Crippen LogP contribution is -2.26. The van der Waals surface area contributed by atoms with Gasteiger partial charge in [-0.3, -0.25) is 4.79 Å². The summed E-state index contributed by atoms with van der Waals surface area (Å²) in [6.45, 7) is 6.39. The first-order chi connectivity index (χ1) is 10.1. The van der Waals surface area contributed by atoms with Gasteiger partial charge in [0.2, 0.25) is 11.8 Å². The van der Waals surface area contributed by atoms with Crippen molar-refractivity contribution in [1.82, 2.24) is 35.7 Å². The van der Waals surface area contributed by atoms with Crippen molar-refractivity contribution in [1.29, 1.82) is 0 Å². The molecule has 2 heterocycles. The number of aromatic nitrogens is 6. The average molecular weight is 293 g/mol. The number of aryl methyl sites for hydroxylation is 1. The zero-order chi connectivity index (χ0) is 15.2. The molecule has 0 aliphatic carbocycles. The molecule has 2 aromatic heterocycles. The molecule has 1 amide bonds. The van der Waals surface area contributed by atoms with E-state index >= 15 is 0 Å². The van der Waals surface area contributed by atoms with Gasteiger partial charge in [-0.15, -0.1) is 5.10 Å². The number of rotatable bonds is 7. The summed E-state index contributed by atoms with van der Waals surface area (Å²) >= 11 is 0. The van der Waals surface area contributed by atoms with E-state index in [1.165, 1.54) is 6.33 Å². The summed E-state index contributed by atoms with van der Waals surface area (Å²) in [7, 11) is 0. The summed E-state index contributed by atoms with van der Waals surface area (Å²) < 4.78 is 6.73. The first-order valence-electron chi connectivity index (χ1n) is 6.90. The van der Waals surface area contributed by atoms with Crippen LogP contribution in [0.25, 0.3) is 0 Å². The van der Waals surface area contributed by atoms with E-state index in [0.29, 0.717) is 31.1 Å². The summed E-state index contributed by atoms with van der Waals surface area (Å²) in [6.07, 6.45) is 2.56. The molecule has 0 saturated heterocycles. The Morgan fingerprint density at radius 3 is 2.86 bits per heavy atom. The predicted octanol–water partition coefficient (Wildman–Crippen LogP) is 0.837. The molecule has 0 aromatic carbocycles. The highest BCUT2D eigenvalue weighted by atomic mass is 16.5. The second-order valence-corrected chi connectivity index (χ2v) is 5.11. The van der Waals surface area contributed by atoms with Crippen LogP contribution < -0.4 is 5.32 Å². The van der Waals surface area contributed by atoms with Crippen LogP contribution in [0.3, 0.4) is 0 Å². The topological polar surface area (TPSA) is 112 Å². The van der Waals surface area contributed by atoms with Gasteiger partial charge in [0.15, 0.2) is 5.82 Å². The summed E-state index contributed by atoms with van der Waals surface area (Å²) in [5.41, 5.74) is 0. The molecular formula is C12H19N7O2. The highest BCUT2D eigenvalue weighted by molar-refractivity contribution is 5.76. The molecule has 0 unspecified atom stereocenters. The van der Waals surface area contributed by atoms with Crippen LogP contribution in [0.4, 0.5) is 0 Å². The van der Waals surface area contributed by atoms with Gasteiger partial charge in [-0.05, 0) is 23.8 Å². The zero-order valence-electron chi connectivity index (χ0n) is 12.4. The minimum Gasteiger partial charge on any atom is -0.345 e. The third-order valence-electron chi connectivity index (χ3n) is 2.90. The normalized spacial score (nSPS) is 12.6. The Balaban J connectivity index is 1.75. The maximum absolute atomic E-state index is 11.8. The van der Waals surface area contributed by atoms with Crippen molar-refractivity contribution < 1.29 is 9.32 Å². The maximum atomic E-state index is 11.8. The van der Waals surface area contributed by atoms with E-state index in [1.807, 2.05) is 20.8 Å². The van der Waals surface area contributed by atoms with Gasteiger partial charge in [-0.2, -0.15) is 4.98 Å². The summed E-state index contributed by atoms with van der Waals surface area (Å²) in [5.74, 6) is 1.19. The van der Waals surface area contributed by atoms with Crippen LogP contribution >= 0.6 is 0 Å². The zero-order valence-corrected chi connectivity index (χ0v) is 12.4. The Kier molecular flexibility index (Phi) is 4.96. The Hall–Kier alpha value is -2.32. The smallest absolute Gasteiger partial charge is 0.248 e. The van der Waals surface area contributed by atoms with Gasteiger partial charge in [-0.25, -0.2) is 4.68 Å². The molecule has 1 N–H and O–H groups in total. The van der Waals surface area contributed by atoms with E-state index in [4.69, 9.17) is 4.52 Å². The summed E-state index contributed by atoms with van der Waals surface area (Å²) in [5, 5.41) is 17.5. The Morgan fingerprint density at radius 1 is 1.43 bits per heavy atom. The number of carbonyl (C=O) groups excluding carboxylic acids is 1. The molecule has 2 aromatic rings. The third-order valence-corrected chi connectivity index (χ3v) is 2.90. The molecule has 21 heavy (non-hydrogen) atoms. The van der Waals surface area contributed by atoms with Crippen molar-refractivity contribution in [3.63, 3.8) is 0 Å². The van der Waals surface area contributed by atoms with Crippen LogP contribution in [-0.4, -0.2) is 36.3 Å². The van der Waals surface area contributed by atoms with Crippen molar-refractivity contribution in [2.45, 2.75) is 52.1 Å². The van der Waals surface area contributed by atoms with Crippen LogP contribution in [0.1, 0.15) is 57.3 Å². The highest BCUT2D eigenvalue weighted by Crippen LogP contribution is 2.14. The Morgan fingerprint density at radius 2 is 2.24 bits per heavy atom. The molecule has 2 rings (SSSR count). The lowest BCUT2D eigenvalue weighted by Gasteiger charge is -2.09. The van der Waals surface area contributed by atoms with Gasteiger partial charge < -0.3 is 9.84 Å². The molecule has 0 aliphatic heterocycles. The van der Waals surface area contributed by atoms with Gasteiger partial charge in [-0.1, -0.05) is 19.0 Å². The molecule has 9 nitrogen and oxygen atoms in total. The third kappa shape index (κ3) is 4.33. The van der Waals surface area contributed by atoms with E-state index in [-0.39, 0.29) is 17.9 Å². The van der Waals surface area contributed by atoms with Crippen molar-refractivity contribution in [2.24, 2.45) is 0 Å². The second kappa shape index (κ2) is 6.91. The van der Waals surface area contributed by atoms with E-state index in [9.17, 15) is 4.79 Å². The van der Waals surface area contributed by atoms with E-state index < -0.39 is 0 Å². The molecular weight excluding hydrogens is 274 g/mol. The molecule has 1 atom stereocenters. The van der Waals surface area contributed by atoms with E-state index in [0.717, 1.165) is 0 Å². The average Bonchev–Trinajstić information content (AvgIpc) is 3.09. The number of nitrogens with zero attached hydrogens (tertiary/aromatic N) is 6. The molecule has 0 bridgehead atoms. The molecule has 0 spiro atoms. The lowest BCUT2D eigenvalue weighted by atomic mass is 10.2. The first kappa shape index (κ1) is 15.1. The number of amides is 1. The van der Waals surface area contributed by atoms with Crippen molar-refractivity contribution in [3.05, 3.63) is 18.0 Å². The standard InChI is InChI=1S/C12H19N7O2/c1-8(2)11-15-12(21-16-11)9(3)14-10(20)5-4-6-19-7-13-17-18-19/h7-9H,4-6H2,1-3H3,(H,14,20)/t9-/m0/s1. The van der Waals surface area contributed by atoms with Crippen LogP contribution in [0.5, 0.6) is 0 Å². The Bertz CT molecular complexity index is 564. The fourth-order valence-electron chi connectivity index (χ4n) is 1.72. The molecule has 0 saturated carbocycles.